The third kappa shape index (κ3) is 2.99. The van der Waals surface area contributed by atoms with Crippen LogP contribution in [-0.2, 0) is 6.61 Å². The van der Waals surface area contributed by atoms with Crippen LogP contribution in [0.5, 0.6) is 5.75 Å². The number of hydrogen-bond acceptors (Lipinski definition) is 4. The van der Waals surface area contributed by atoms with Gasteiger partial charge in [-0.1, -0.05) is 0 Å². The lowest BCUT2D eigenvalue weighted by Crippen LogP contribution is -2.02. The zero-order chi connectivity index (χ0) is 14.9. The summed E-state index contributed by atoms with van der Waals surface area (Å²) in [6.45, 7) is 8.13. The van der Waals surface area contributed by atoms with Gasteiger partial charge < -0.3 is 9.84 Å². The summed E-state index contributed by atoms with van der Waals surface area (Å²) in [4.78, 5) is 16.6. The highest BCUT2D eigenvalue weighted by atomic mass is 32.1. The van der Waals surface area contributed by atoms with Crippen LogP contribution in [0.15, 0.2) is 12.1 Å². The molecule has 5 heteroatoms. The minimum atomic E-state index is -0.922. The molecule has 0 spiro atoms. The zero-order valence-corrected chi connectivity index (χ0v) is 12.8. The molecule has 106 valence electrons. The van der Waals surface area contributed by atoms with E-state index in [1.807, 2.05) is 27.7 Å². The van der Waals surface area contributed by atoms with E-state index in [1.165, 1.54) is 4.88 Å². The van der Waals surface area contributed by atoms with Gasteiger partial charge in [-0.2, -0.15) is 0 Å². The van der Waals surface area contributed by atoms with E-state index in [0.717, 1.165) is 27.6 Å². The molecule has 1 N–H and O–H groups in total. The molecule has 0 radical (unpaired) electrons. The minimum absolute atomic E-state index is 0.285. The van der Waals surface area contributed by atoms with Gasteiger partial charge in [-0.15, -0.1) is 11.3 Å². The molecule has 1 heterocycles. The van der Waals surface area contributed by atoms with Gasteiger partial charge in [0.25, 0.3) is 0 Å². The summed E-state index contributed by atoms with van der Waals surface area (Å²) in [5.41, 5.74) is 2.97. The predicted octanol–water partition coefficient (Wildman–Crippen LogP) is 3.65. The van der Waals surface area contributed by atoms with Gasteiger partial charge in [0, 0.05) is 4.88 Å². The minimum Gasteiger partial charge on any atom is -0.486 e. The molecule has 0 fully saturated rings. The SMILES string of the molecule is Cc1cc(C(=O)O)cc(C)c1OCc1nc(C)c(C)s1. The summed E-state index contributed by atoms with van der Waals surface area (Å²) in [5.74, 6) is -0.186. The fourth-order valence-corrected chi connectivity index (χ4v) is 2.88. The zero-order valence-electron chi connectivity index (χ0n) is 12.0. The average Bonchev–Trinajstić information content (AvgIpc) is 2.67. The van der Waals surface area contributed by atoms with Gasteiger partial charge in [0.05, 0.1) is 11.3 Å². The van der Waals surface area contributed by atoms with E-state index >= 15 is 0 Å². The molecule has 0 unspecified atom stereocenters. The van der Waals surface area contributed by atoms with Crippen molar-refractivity contribution in [2.75, 3.05) is 0 Å². The number of aryl methyl sites for hydroxylation is 4. The molecule has 0 aliphatic rings. The molecule has 0 atom stereocenters. The Morgan fingerprint density at radius 3 is 2.30 bits per heavy atom. The Morgan fingerprint density at radius 2 is 1.85 bits per heavy atom. The number of aromatic nitrogens is 1. The first-order chi connectivity index (χ1) is 9.38. The summed E-state index contributed by atoms with van der Waals surface area (Å²) in [7, 11) is 0. The van der Waals surface area contributed by atoms with Crippen molar-refractivity contribution in [2.24, 2.45) is 0 Å². The van der Waals surface area contributed by atoms with E-state index in [2.05, 4.69) is 4.98 Å². The van der Waals surface area contributed by atoms with Gasteiger partial charge in [0.15, 0.2) is 0 Å². The molecule has 0 aliphatic carbocycles. The molecule has 0 saturated heterocycles. The number of carboxylic acid groups (broad SMARTS) is 1. The van der Waals surface area contributed by atoms with E-state index in [1.54, 1.807) is 23.5 Å². The third-order valence-electron chi connectivity index (χ3n) is 3.12. The van der Waals surface area contributed by atoms with Crippen LogP contribution < -0.4 is 4.74 Å². The van der Waals surface area contributed by atoms with Crippen LogP contribution in [-0.4, -0.2) is 16.1 Å². The van der Waals surface area contributed by atoms with Crippen molar-refractivity contribution in [1.82, 2.24) is 4.98 Å². The second-order valence-electron chi connectivity index (χ2n) is 4.78. The average molecular weight is 291 g/mol. The normalized spacial score (nSPS) is 10.6. The van der Waals surface area contributed by atoms with E-state index in [9.17, 15) is 4.79 Å². The highest BCUT2D eigenvalue weighted by molar-refractivity contribution is 7.11. The molecule has 0 bridgehead atoms. The van der Waals surface area contributed by atoms with Gasteiger partial charge >= 0.3 is 5.97 Å². The number of carbonyl (C=O) groups is 1. The number of thiazole rings is 1. The largest absolute Gasteiger partial charge is 0.486 e. The molecular formula is C15H17NO3S. The monoisotopic (exact) mass is 291 g/mol. The predicted molar refractivity (Wildman–Crippen MR) is 78.8 cm³/mol. The molecular weight excluding hydrogens is 274 g/mol. The number of hydrogen-bond donors (Lipinski definition) is 1. The van der Waals surface area contributed by atoms with Crippen molar-refractivity contribution < 1.29 is 14.6 Å². The summed E-state index contributed by atoms with van der Waals surface area (Å²) >= 11 is 1.62. The lowest BCUT2D eigenvalue weighted by atomic mass is 10.1. The maximum absolute atomic E-state index is 11.0. The van der Waals surface area contributed by atoms with Crippen LogP contribution in [0.25, 0.3) is 0 Å². The Morgan fingerprint density at radius 1 is 1.25 bits per heavy atom. The van der Waals surface area contributed by atoms with Crippen molar-refractivity contribution in [3.05, 3.63) is 44.4 Å². The number of rotatable bonds is 4. The summed E-state index contributed by atoms with van der Waals surface area (Å²) < 4.78 is 5.81. The van der Waals surface area contributed by atoms with Crippen molar-refractivity contribution in [2.45, 2.75) is 34.3 Å². The quantitative estimate of drug-likeness (QED) is 0.934. The smallest absolute Gasteiger partial charge is 0.335 e. The van der Waals surface area contributed by atoms with Gasteiger partial charge in [-0.05, 0) is 51.0 Å². The molecule has 1 aromatic heterocycles. The third-order valence-corrected chi connectivity index (χ3v) is 4.17. The van der Waals surface area contributed by atoms with Crippen molar-refractivity contribution >= 4 is 17.3 Å². The lowest BCUT2D eigenvalue weighted by molar-refractivity contribution is 0.0696. The maximum Gasteiger partial charge on any atom is 0.335 e. The fourth-order valence-electron chi connectivity index (χ4n) is 2.04. The van der Waals surface area contributed by atoms with E-state index in [4.69, 9.17) is 9.84 Å². The van der Waals surface area contributed by atoms with Crippen LogP contribution in [0.3, 0.4) is 0 Å². The number of benzene rings is 1. The first-order valence-electron chi connectivity index (χ1n) is 6.28. The molecule has 0 saturated carbocycles. The van der Waals surface area contributed by atoms with Crippen LogP contribution in [0, 0.1) is 27.7 Å². The Hall–Kier alpha value is -1.88. The number of aromatic carboxylic acids is 1. The molecule has 0 amide bonds. The Kier molecular flexibility index (Phi) is 4.09. The van der Waals surface area contributed by atoms with E-state index in [-0.39, 0.29) is 5.56 Å². The molecule has 1 aromatic carbocycles. The first kappa shape index (κ1) is 14.5. The van der Waals surface area contributed by atoms with Crippen LogP contribution in [0.1, 0.15) is 37.1 Å². The van der Waals surface area contributed by atoms with Crippen molar-refractivity contribution in [3.63, 3.8) is 0 Å². The molecule has 4 nitrogen and oxygen atoms in total. The number of carboxylic acids is 1. The van der Waals surface area contributed by atoms with Gasteiger partial charge in [0.2, 0.25) is 0 Å². The highest BCUT2D eigenvalue weighted by Crippen LogP contribution is 2.26. The molecule has 2 aromatic rings. The first-order valence-corrected chi connectivity index (χ1v) is 7.10. The molecule has 0 aliphatic heterocycles. The number of nitrogens with zero attached hydrogens (tertiary/aromatic N) is 1. The van der Waals surface area contributed by atoms with Gasteiger partial charge in [0.1, 0.15) is 17.4 Å². The van der Waals surface area contributed by atoms with Gasteiger partial charge in [-0.3, -0.25) is 0 Å². The second kappa shape index (κ2) is 5.63. The lowest BCUT2D eigenvalue weighted by Gasteiger charge is -2.12. The van der Waals surface area contributed by atoms with E-state index in [0.29, 0.717) is 6.61 Å². The number of ether oxygens (including phenoxy) is 1. The molecule has 2 rings (SSSR count). The standard InChI is InChI=1S/C15H17NO3S/c1-8-5-12(15(17)18)6-9(2)14(8)19-7-13-16-10(3)11(4)20-13/h5-6H,7H2,1-4H3,(H,17,18). The van der Waals surface area contributed by atoms with Crippen molar-refractivity contribution in [3.8, 4) is 5.75 Å². The van der Waals surface area contributed by atoms with Crippen LogP contribution in [0.4, 0.5) is 0 Å². The summed E-state index contributed by atoms with van der Waals surface area (Å²) in [5, 5.41) is 9.95. The fraction of sp³-hybridized carbons (Fsp3) is 0.333. The van der Waals surface area contributed by atoms with Gasteiger partial charge in [-0.25, -0.2) is 9.78 Å². The Balaban J connectivity index is 2.19. The highest BCUT2D eigenvalue weighted by Gasteiger charge is 2.12. The topological polar surface area (TPSA) is 59.4 Å². The van der Waals surface area contributed by atoms with E-state index < -0.39 is 5.97 Å². The molecule has 20 heavy (non-hydrogen) atoms. The Labute approximate surface area is 122 Å². The van der Waals surface area contributed by atoms with Crippen LogP contribution in [0.2, 0.25) is 0 Å². The summed E-state index contributed by atoms with van der Waals surface area (Å²) in [6.07, 6.45) is 0. The Bertz CT molecular complexity index is 619. The van der Waals surface area contributed by atoms with Crippen molar-refractivity contribution in [1.29, 1.82) is 0 Å². The second-order valence-corrected chi connectivity index (χ2v) is 6.07. The summed E-state index contributed by atoms with van der Waals surface area (Å²) in [6, 6.07) is 3.26. The van der Waals surface area contributed by atoms with Crippen LogP contribution >= 0.6 is 11.3 Å². The maximum atomic E-state index is 11.0.